The Kier molecular flexibility index (Phi) is 3.08. The van der Waals surface area contributed by atoms with E-state index in [1.165, 1.54) is 18.2 Å². The van der Waals surface area contributed by atoms with Crippen molar-refractivity contribution in [3.05, 3.63) is 34.3 Å². The van der Waals surface area contributed by atoms with E-state index in [0.717, 1.165) is 6.08 Å². The van der Waals surface area contributed by atoms with Crippen molar-refractivity contribution in [2.24, 2.45) is 0 Å². The highest BCUT2D eigenvalue weighted by atomic mass is 79.9. The first-order valence-corrected chi connectivity index (χ1v) is 4.28. The molecule has 2 N–H and O–H groups in total. The van der Waals surface area contributed by atoms with E-state index in [1.54, 1.807) is 6.07 Å². The van der Waals surface area contributed by atoms with Gasteiger partial charge in [-0.2, -0.15) is 0 Å². The van der Waals surface area contributed by atoms with Crippen molar-refractivity contribution in [3.63, 3.8) is 0 Å². The van der Waals surface area contributed by atoms with Gasteiger partial charge in [0.25, 0.3) is 0 Å². The highest BCUT2D eigenvalue weighted by Gasteiger charge is 1.95. The number of aliphatic carboxylic acids is 1. The maximum Gasteiger partial charge on any atom is 0.328 e. The van der Waals surface area contributed by atoms with Crippen molar-refractivity contribution in [3.8, 4) is 5.75 Å². The number of hydrogen-bond donors (Lipinski definition) is 2. The summed E-state index contributed by atoms with van der Waals surface area (Å²) in [5.41, 5.74) is 0.634. The Morgan fingerprint density at radius 2 is 2.08 bits per heavy atom. The van der Waals surface area contributed by atoms with Gasteiger partial charge in [0.05, 0.1) is 0 Å². The number of aromatic hydroxyl groups is 1. The van der Waals surface area contributed by atoms with Crippen molar-refractivity contribution < 1.29 is 15.0 Å². The smallest absolute Gasteiger partial charge is 0.328 e. The van der Waals surface area contributed by atoms with Gasteiger partial charge < -0.3 is 10.2 Å². The van der Waals surface area contributed by atoms with E-state index in [9.17, 15) is 4.79 Å². The fraction of sp³-hybridized carbons (Fsp3) is 0. The minimum absolute atomic E-state index is 0.0967. The third-order valence-corrected chi connectivity index (χ3v) is 1.78. The monoisotopic (exact) mass is 242 g/mol. The molecule has 13 heavy (non-hydrogen) atoms. The topological polar surface area (TPSA) is 57.5 Å². The molecule has 0 saturated carbocycles. The molecule has 0 aliphatic carbocycles. The van der Waals surface area contributed by atoms with Crippen LogP contribution in [0.15, 0.2) is 28.7 Å². The van der Waals surface area contributed by atoms with Crippen molar-refractivity contribution in [1.29, 1.82) is 0 Å². The first kappa shape index (κ1) is 9.80. The lowest BCUT2D eigenvalue weighted by Gasteiger charge is -1.96. The first-order chi connectivity index (χ1) is 6.08. The number of hydrogen-bond acceptors (Lipinski definition) is 2. The summed E-state index contributed by atoms with van der Waals surface area (Å²) in [4.78, 5) is 10.2. The lowest BCUT2D eigenvalue weighted by atomic mass is 10.2. The van der Waals surface area contributed by atoms with E-state index in [0.29, 0.717) is 10.0 Å². The van der Waals surface area contributed by atoms with Crippen LogP contribution in [0, 0.1) is 0 Å². The number of carboxylic acid groups (broad SMARTS) is 1. The Bertz CT molecular complexity index is 338. The Morgan fingerprint density at radius 3 is 2.62 bits per heavy atom. The summed E-state index contributed by atoms with van der Waals surface area (Å²) in [6, 6.07) is 4.71. The maximum absolute atomic E-state index is 10.2. The second-order valence-electron chi connectivity index (χ2n) is 2.41. The molecule has 0 atom stereocenters. The molecule has 0 fully saturated rings. The van der Waals surface area contributed by atoms with Gasteiger partial charge in [-0.1, -0.05) is 15.9 Å². The summed E-state index contributed by atoms with van der Waals surface area (Å²) in [6.45, 7) is 0. The zero-order valence-electron chi connectivity index (χ0n) is 6.57. The Morgan fingerprint density at radius 1 is 1.38 bits per heavy atom. The normalized spacial score (nSPS) is 10.5. The molecule has 0 radical (unpaired) electrons. The number of carboxylic acids is 1. The molecular weight excluding hydrogens is 236 g/mol. The van der Waals surface area contributed by atoms with Crippen LogP contribution in [-0.4, -0.2) is 16.2 Å². The average Bonchev–Trinajstić information content (AvgIpc) is 1.99. The number of phenolic OH excluding ortho intramolecular Hbond substituents is 1. The zero-order chi connectivity index (χ0) is 9.84. The zero-order valence-corrected chi connectivity index (χ0v) is 8.15. The van der Waals surface area contributed by atoms with E-state index in [1.807, 2.05) is 0 Å². The van der Waals surface area contributed by atoms with Gasteiger partial charge in [-0.3, -0.25) is 0 Å². The van der Waals surface area contributed by atoms with E-state index in [-0.39, 0.29) is 5.75 Å². The van der Waals surface area contributed by atoms with Crippen LogP contribution < -0.4 is 0 Å². The average molecular weight is 243 g/mol. The van der Waals surface area contributed by atoms with Crippen LogP contribution in [0.3, 0.4) is 0 Å². The molecule has 0 amide bonds. The van der Waals surface area contributed by atoms with Gasteiger partial charge in [0.2, 0.25) is 0 Å². The van der Waals surface area contributed by atoms with E-state index >= 15 is 0 Å². The second kappa shape index (κ2) is 4.09. The van der Waals surface area contributed by atoms with Crippen molar-refractivity contribution in [1.82, 2.24) is 0 Å². The molecule has 0 heterocycles. The van der Waals surface area contributed by atoms with Crippen LogP contribution in [0.25, 0.3) is 6.08 Å². The summed E-state index contributed by atoms with van der Waals surface area (Å²) in [7, 11) is 0. The summed E-state index contributed by atoms with van der Waals surface area (Å²) < 4.78 is 0.706. The highest BCUT2D eigenvalue weighted by molar-refractivity contribution is 9.10. The quantitative estimate of drug-likeness (QED) is 0.783. The third-order valence-electron chi connectivity index (χ3n) is 1.32. The Balaban J connectivity index is 2.95. The van der Waals surface area contributed by atoms with Crippen LogP contribution in [0.4, 0.5) is 0 Å². The largest absolute Gasteiger partial charge is 0.508 e. The summed E-state index contributed by atoms with van der Waals surface area (Å²) in [5.74, 6) is -0.918. The molecule has 0 saturated heterocycles. The molecule has 0 aliphatic heterocycles. The summed E-state index contributed by atoms with van der Waals surface area (Å²) >= 11 is 3.18. The molecule has 0 bridgehead atoms. The minimum Gasteiger partial charge on any atom is -0.508 e. The van der Waals surface area contributed by atoms with Gasteiger partial charge in [-0.25, -0.2) is 4.79 Å². The van der Waals surface area contributed by atoms with Gasteiger partial charge in [-0.15, -0.1) is 0 Å². The van der Waals surface area contributed by atoms with Gasteiger partial charge in [-0.05, 0) is 29.8 Å². The van der Waals surface area contributed by atoms with Gasteiger partial charge in [0.1, 0.15) is 5.75 Å². The van der Waals surface area contributed by atoms with Gasteiger partial charge in [0.15, 0.2) is 0 Å². The number of halogens is 1. The van der Waals surface area contributed by atoms with E-state index < -0.39 is 5.97 Å². The highest BCUT2D eigenvalue weighted by Crippen LogP contribution is 2.20. The molecule has 0 spiro atoms. The lowest BCUT2D eigenvalue weighted by molar-refractivity contribution is -0.131. The first-order valence-electron chi connectivity index (χ1n) is 3.48. The molecule has 1 aromatic rings. The molecule has 68 valence electrons. The molecular formula is C9H7BrO3. The maximum atomic E-state index is 10.2. The van der Waals surface area contributed by atoms with Gasteiger partial charge >= 0.3 is 5.97 Å². The predicted octanol–water partition coefficient (Wildman–Crippen LogP) is 2.25. The molecule has 1 aromatic carbocycles. The fourth-order valence-corrected chi connectivity index (χ4v) is 1.36. The molecule has 0 unspecified atom stereocenters. The number of rotatable bonds is 2. The number of phenols is 1. The van der Waals surface area contributed by atoms with Crippen LogP contribution in [0.5, 0.6) is 5.75 Å². The van der Waals surface area contributed by atoms with Crippen LogP contribution >= 0.6 is 15.9 Å². The van der Waals surface area contributed by atoms with E-state index in [2.05, 4.69) is 15.9 Å². The van der Waals surface area contributed by atoms with Crippen LogP contribution in [0.2, 0.25) is 0 Å². The molecule has 3 nitrogen and oxygen atoms in total. The summed E-state index contributed by atoms with van der Waals surface area (Å²) in [5, 5.41) is 17.5. The van der Waals surface area contributed by atoms with E-state index in [4.69, 9.17) is 10.2 Å². The standard InChI is InChI=1S/C9H7BrO3/c10-7-3-6(1-2-9(12)13)4-8(11)5-7/h1-5,11H,(H,12,13)/b2-1+. The molecule has 0 aliphatic rings. The summed E-state index contributed by atoms with van der Waals surface area (Å²) in [6.07, 6.45) is 2.42. The van der Waals surface area contributed by atoms with Crippen molar-refractivity contribution in [2.45, 2.75) is 0 Å². The SMILES string of the molecule is O=C(O)/C=C/c1cc(O)cc(Br)c1. The number of carbonyl (C=O) groups is 1. The Labute approximate surface area is 83.5 Å². The van der Waals surface area contributed by atoms with Gasteiger partial charge in [0, 0.05) is 10.5 Å². The van der Waals surface area contributed by atoms with Crippen LogP contribution in [0.1, 0.15) is 5.56 Å². The third kappa shape index (κ3) is 3.29. The minimum atomic E-state index is -1.01. The molecule has 0 aromatic heterocycles. The lowest BCUT2D eigenvalue weighted by Crippen LogP contribution is -1.85. The number of benzene rings is 1. The Hall–Kier alpha value is -1.29. The molecule has 1 rings (SSSR count). The fourth-order valence-electron chi connectivity index (χ4n) is 0.860. The van der Waals surface area contributed by atoms with Crippen molar-refractivity contribution in [2.75, 3.05) is 0 Å². The molecule has 4 heteroatoms. The van der Waals surface area contributed by atoms with Crippen molar-refractivity contribution >= 4 is 28.0 Å². The second-order valence-corrected chi connectivity index (χ2v) is 3.33. The van der Waals surface area contributed by atoms with Crippen LogP contribution in [-0.2, 0) is 4.79 Å². The predicted molar refractivity (Wildman–Crippen MR) is 52.5 cm³/mol.